The van der Waals surface area contributed by atoms with Crippen LogP contribution in [0.25, 0.3) is 22.5 Å². The summed E-state index contributed by atoms with van der Waals surface area (Å²) in [6.45, 7) is 1.57. The van der Waals surface area contributed by atoms with Crippen LogP contribution in [0, 0.1) is 0 Å². The number of benzene rings is 2. The maximum atomic E-state index is 5.71. The zero-order valence-corrected chi connectivity index (χ0v) is 17.4. The lowest BCUT2D eigenvalue weighted by Crippen LogP contribution is -2.03. The van der Waals surface area contributed by atoms with Gasteiger partial charge in [0.05, 0.1) is 39.0 Å². The number of aryl methyl sites for hydroxylation is 1. The fourth-order valence-corrected chi connectivity index (χ4v) is 3.46. The number of nitrogens with two attached hydrogens (primary N) is 1. The van der Waals surface area contributed by atoms with Gasteiger partial charge in [-0.25, -0.2) is 4.98 Å². The average molecular weight is 396 g/mol. The van der Waals surface area contributed by atoms with Crippen molar-refractivity contribution in [2.24, 2.45) is 5.73 Å². The molecule has 154 valence electrons. The minimum Gasteiger partial charge on any atom is -0.496 e. The molecule has 2 N–H and O–H groups in total. The molecule has 0 saturated heterocycles. The van der Waals surface area contributed by atoms with E-state index in [2.05, 4.69) is 16.7 Å². The third-order valence-corrected chi connectivity index (χ3v) is 4.95. The lowest BCUT2D eigenvalue weighted by atomic mass is 10.0. The molecule has 3 rings (SSSR count). The molecule has 1 aromatic heterocycles. The van der Waals surface area contributed by atoms with Gasteiger partial charge in [-0.15, -0.1) is 0 Å². The molecular formula is C23H29N3O3. The predicted octanol–water partition coefficient (Wildman–Crippen LogP) is 4.37. The third kappa shape index (κ3) is 4.54. The SMILES string of the molecule is COc1cc(OC)c(-c2c(-c3ccccc3)ncn2CCCCCN)cc1OC. The van der Waals surface area contributed by atoms with Gasteiger partial charge in [0.1, 0.15) is 5.75 Å². The number of hydrogen-bond acceptors (Lipinski definition) is 5. The molecule has 0 bridgehead atoms. The predicted molar refractivity (Wildman–Crippen MR) is 116 cm³/mol. The standard InChI is InChI=1S/C23H29N3O3/c1-27-19-15-21(29-3)20(28-2)14-18(19)23-22(17-10-6-4-7-11-17)25-16-26(23)13-9-5-8-12-24/h4,6-7,10-11,14-16H,5,8-9,12-13,24H2,1-3H3. The van der Waals surface area contributed by atoms with Crippen LogP contribution in [-0.2, 0) is 6.54 Å². The molecule has 29 heavy (non-hydrogen) atoms. The van der Waals surface area contributed by atoms with Crippen molar-refractivity contribution in [2.45, 2.75) is 25.8 Å². The van der Waals surface area contributed by atoms with Crippen LogP contribution in [-0.4, -0.2) is 37.4 Å². The molecule has 1 heterocycles. The molecule has 0 amide bonds. The fourth-order valence-electron chi connectivity index (χ4n) is 3.46. The highest BCUT2D eigenvalue weighted by molar-refractivity contribution is 5.83. The lowest BCUT2D eigenvalue weighted by molar-refractivity contribution is 0.349. The molecular weight excluding hydrogens is 366 g/mol. The van der Waals surface area contributed by atoms with Crippen molar-refractivity contribution < 1.29 is 14.2 Å². The first kappa shape index (κ1) is 20.7. The van der Waals surface area contributed by atoms with Gasteiger partial charge in [-0.05, 0) is 25.5 Å². The summed E-state index contributed by atoms with van der Waals surface area (Å²) < 4.78 is 18.9. The van der Waals surface area contributed by atoms with Crippen LogP contribution in [0.2, 0.25) is 0 Å². The van der Waals surface area contributed by atoms with Gasteiger partial charge in [0.2, 0.25) is 0 Å². The van der Waals surface area contributed by atoms with Crippen LogP contribution < -0.4 is 19.9 Å². The molecule has 6 nitrogen and oxygen atoms in total. The van der Waals surface area contributed by atoms with Crippen LogP contribution in [0.15, 0.2) is 48.8 Å². The van der Waals surface area contributed by atoms with Crippen molar-refractivity contribution in [3.05, 3.63) is 48.8 Å². The number of nitrogens with zero attached hydrogens (tertiary/aromatic N) is 2. The topological polar surface area (TPSA) is 71.5 Å². The highest BCUT2D eigenvalue weighted by atomic mass is 16.5. The second-order valence-electron chi connectivity index (χ2n) is 6.76. The monoisotopic (exact) mass is 395 g/mol. The summed E-state index contributed by atoms with van der Waals surface area (Å²) in [6, 6.07) is 14.0. The Morgan fingerprint density at radius 2 is 1.55 bits per heavy atom. The molecule has 0 aliphatic rings. The van der Waals surface area contributed by atoms with E-state index in [0.717, 1.165) is 54.9 Å². The van der Waals surface area contributed by atoms with E-state index in [-0.39, 0.29) is 0 Å². The number of methoxy groups -OCH3 is 3. The summed E-state index contributed by atoms with van der Waals surface area (Å²) in [6.07, 6.45) is 5.04. The molecule has 0 aliphatic carbocycles. The number of rotatable bonds is 10. The summed E-state index contributed by atoms with van der Waals surface area (Å²) in [7, 11) is 4.92. The normalized spacial score (nSPS) is 10.8. The van der Waals surface area contributed by atoms with Gasteiger partial charge < -0.3 is 24.5 Å². The first-order valence-electron chi connectivity index (χ1n) is 9.84. The quantitative estimate of drug-likeness (QED) is 0.516. The Balaban J connectivity index is 2.14. The summed E-state index contributed by atoms with van der Waals surface area (Å²) in [5.41, 5.74) is 9.53. The minimum atomic E-state index is 0.628. The van der Waals surface area contributed by atoms with Gasteiger partial charge in [-0.3, -0.25) is 0 Å². The Bertz CT molecular complexity index is 923. The van der Waals surface area contributed by atoms with Crippen molar-refractivity contribution in [1.82, 2.24) is 9.55 Å². The maximum Gasteiger partial charge on any atom is 0.164 e. The second kappa shape index (κ2) is 9.98. The summed E-state index contributed by atoms with van der Waals surface area (Å²) >= 11 is 0. The van der Waals surface area contributed by atoms with Crippen LogP contribution in [0.3, 0.4) is 0 Å². The smallest absolute Gasteiger partial charge is 0.164 e. The number of ether oxygens (including phenoxy) is 3. The van der Waals surface area contributed by atoms with E-state index in [1.807, 2.05) is 36.7 Å². The van der Waals surface area contributed by atoms with Crippen molar-refractivity contribution in [3.63, 3.8) is 0 Å². The van der Waals surface area contributed by atoms with E-state index < -0.39 is 0 Å². The highest BCUT2D eigenvalue weighted by Gasteiger charge is 2.21. The summed E-state index contributed by atoms with van der Waals surface area (Å²) in [5.74, 6) is 1.99. The third-order valence-electron chi connectivity index (χ3n) is 4.95. The molecule has 0 atom stereocenters. The van der Waals surface area contributed by atoms with Crippen LogP contribution in [0.4, 0.5) is 0 Å². The number of aromatic nitrogens is 2. The molecule has 0 unspecified atom stereocenters. The lowest BCUT2D eigenvalue weighted by Gasteiger charge is -2.17. The number of imidazole rings is 1. The molecule has 0 radical (unpaired) electrons. The van der Waals surface area contributed by atoms with Crippen molar-refractivity contribution in [1.29, 1.82) is 0 Å². The molecule has 2 aromatic carbocycles. The largest absolute Gasteiger partial charge is 0.496 e. The van der Waals surface area contributed by atoms with Crippen molar-refractivity contribution in [2.75, 3.05) is 27.9 Å². The molecule has 0 fully saturated rings. The van der Waals surface area contributed by atoms with Crippen LogP contribution in [0.5, 0.6) is 17.2 Å². The Morgan fingerprint density at radius 1 is 0.862 bits per heavy atom. The molecule has 0 saturated carbocycles. The van der Waals surface area contributed by atoms with Crippen LogP contribution >= 0.6 is 0 Å². The second-order valence-corrected chi connectivity index (χ2v) is 6.76. The first-order chi connectivity index (χ1) is 14.2. The molecule has 3 aromatic rings. The summed E-state index contributed by atoms with van der Waals surface area (Å²) in [5, 5.41) is 0. The Hall–Kier alpha value is -2.99. The van der Waals surface area contributed by atoms with Crippen molar-refractivity contribution >= 4 is 0 Å². The first-order valence-corrected chi connectivity index (χ1v) is 9.84. The van der Waals surface area contributed by atoms with E-state index in [1.165, 1.54) is 0 Å². The zero-order chi connectivity index (χ0) is 20.6. The van der Waals surface area contributed by atoms with Gasteiger partial charge >= 0.3 is 0 Å². The highest BCUT2D eigenvalue weighted by Crippen LogP contribution is 2.43. The number of unbranched alkanes of at least 4 members (excludes halogenated alkanes) is 2. The Morgan fingerprint density at radius 3 is 2.21 bits per heavy atom. The Labute approximate surface area is 172 Å². The fraction of sp³-hybridized carbons (Fsp3) is 0.348. The van der Waals surface area contributed by atoms with Crippen LogP contribution in [0.1, 0.15) is 19.3 Å². The van der Waals surface area contributed by atoms with E-state index in [0.29, 0.717) is 17.2 Å². The molecule has 0 spiro atoms. The van der Waals surface area contributed by atoms with Gasteiger partial charge in [-0.2, -0.15) is 0 Å². The average Bonchev–Trinajstić information content (AvgIpc) is 3.20. The van der Waals surface area contributed by atoms with E-state index in [9.17, 15) is 0 Å². The van der Waals surface area contributed by atoms with Gasteiger partial charge in [0, 0.05) is 23.7 Å². The molecule has 0 aliphatic heterocycles. The van der Waals surface area contributed by atoms with Gasteiger partial charge in [-0.1, -0.05) is 36.8 Å². The summed E-state index contributed by atoms with van der Waals surface area (Å²) in [4.78, 5) is 4.75. The van der Waals surface area contributed by atoms with E-state index in [1.54, 1.807) is 21.3 Å². The van der Waals surface area contributed by atoms with Gasteiger partial charge in [0.15, 0.2) is 11.5 Å². The number of hydrogen-bond donors (Lipinski definition) is 1. The minimum absolute atomic E-state index is 0.628. The molecule has 6 heteroatoms. The van der Waals surface area contributed by atoms with Gasteiger partial charge in [0.25, 0.3) is 0 Å². The van der Waals surface area contributed by atoms with E-state index >= 15 is 0 Å². The Kier molecular flexibility index (Phi) is 7.14. The van der Waals surface area contributed by atoms with Crippen molar-refractivity contribution in [3.8, 4) is 39.8 Å². The maximum absolute atomic E-state index is 5.71. The zero-order valence-electron chi connectivity index (χ0n) is 17.4. The van der Waals surface area contributed by atoms with E-state index in [4.69, 9.17) is 24.9 Å².